The molecule has 0 bridgehead atoms. The highest BCUT2D eigenvalue weighted by molar-refractivity contribution is 5.93. The molecule has 0 spiro atoms. The Labute approximate surface area is 121 Å². The van der Waals surface area contributed by atoms with E-state index in [1.165, 1.54) is 6.42 Å². The minimum absolute atomic E-state index is 0.0594. The van der Waals surface area contributed by atoms with Crippen molar-refractivity contribution >= 4 is 11.6 Å². The minimum atomic E-state index is 0.0594. The first-order chi connectivity index (χ1) is 9.63. The molecule has 0 aliphatic carbocycles. The average Bonchev–Trinajstić information content (AvgIpc) is 2.47. The summed E-state index contributed by atoms with van der Waals surface area (Å²) in [6.45, 7) is 8.24. The molecule has 0 aromatic carbocycles. The van der Waals surface area contributed by atoms with E-state index < -0.39 is 0 Å². The Kier molecular flexibility index (Phi) is 4.99. The van der Waals surface area contributed by atoms with Crippen molar-refractivity contribution in [2.24, 2.45) is 5.92 Å². The minimum Gasteiger partial charge on any atom is -0.385 e. The molecule has 1 aliphatic heterocycles. The molecule has 110 valence electrons. The number of piperidine rings is 1. The molecule has 4 heteroatoms. The lowest BCUT2D eigenvalue weighted by Gasteiger charge is -2.37. The Bertz CT molecular complexity index is 461. The van der Waals surface area contributed by atoms with Gasteiger partial charge in [0.05, 0.1) is 0 Å². The summed E-state index contributed by atoms with van der Waals surface area (Å²) >= 11 is 0. The SMILES string of the molecule is CCCNc1ccnc(C(=O)N2CCCC(C)C2C)c1. The summed E-state index contributed by atoms with van der Waals surface area (Å²) in [5.41, 5.74) is 1.52. The molecule has 1 aliphatic rings. The summed E-state index contributed by atoms with van der Waals surface area (Å²) in [5, 5.41) is 3.30. The van der Waals surface area contributed by atoms with Gasteiger partial charge < -0.3 is 10.2 Å². The van der Waals surface area contributed by atoms with Crippen LogP contribution in [-0.2, 0) is 0 Å². The molecular formula is C16H25N3O. The Morgan fingerprint density at radius 3 is 3.05 bits per heavy atom. The van der Waals surface area contributed by atoms with Crippen LogP contribution in [0.15, 0.2) is 18.3 Å². The van der Waals surface area contributed by atoms with Crippen LogP contribution in [0.3, 0.4) is 0 Å². The predicted molar refractivity (Wildman–Crippen MR) is 81.9 cm³/mol. The van der Waals surface area contributed by atoms with Gasteiger partial charge in [0.1, 0.15) is 5.69 Å². The number of aromatic nitrogens is 1. The summed E-state index contributed by atoms with van der Waals surface area (Å²) in [7, 11) is 0. The van der Waals surface area contributed by atoms with E-state index in [0.717, 1.165) is 31.6 Å². The van der Waals surface area contributed by atoms with Gasteiger partial charge in [0.25, 0.3) is 5.91 Å². The number of rotatable bonds is 4. The van der Waals surface area contributed by atoms with Gasteiger partial charge in [-0.2, -0.15) is 0 Å². The first-order valence-electron chi connectivity index (χ1n) is 7.64. The van der Waals surface area contributed by atoms with Gasteiger partial charge in [-0.1, -0.05) is 13.8 Å². The normalized spacial score (nSPS) is 22.6. The summed E-state index contributed by atoms with van der Waals surface area (Å²) in [6, 6.07) is 4.07. The van der Waals surface area contributed by atoms with Gasteiger partial charge in [0.15, 0.2) is 0 Å². The van der Waals surface area contributed by atoms with Gasteiger partial charge in [0, 0.05) is 31.0 Å². The van der Waals surface area contributed by atoms with E-state index in [1.807, 2.05) is 17.0 Å². The van der Waals surface area contributed by atoms with Crippen LogP contribution in [-0.4, -0.2) is 34.9 Å². The highest BCUT2D eigenvalue weighted by atomic mass is 16.2. The molecule has 1 N–H and O–H groups in total. The van der Waals surface area contributed by atoms with Crippen molar-refractivity contribution in [3.05, 3.63) is 24.0 Å². The second-order valence-electron chi connectivity index (χ2n) is 5.72. The van der Waals surface area contributed by atoms with Crippen LogP contribution in [0.5, 0.6) is 0 Å². The Balaban J connectivity index is 2.12. The summed E-state index contributed by atoms with van der Waals surface area (Å²) in [4.78, 5) is 18.8. The van der Waals surface area contributed by atoms with E-state index in [-0.39, 0.29) is 5.91 Å². The lowest BCUT2D eigenvalue weighted by molar-refractivity contribution is 0.0545. The average molecular weight is 275 g/mol. The standard InChI is InChI=1S/C16H25N3O/c1-4-8-17-14-7-9-18-15(11-14)16(20)19-10-5-6-12(2)13(19)3/h7,9,11-13H,4-6,8,10H2,1-3H3,(H,17,18). The highest BCUT2D eigenvalue weighted by Crippen LogP contribution is 2.24. The fourth-order valence-corrected chi connectivity index (χ4v) is 2.70. The van der Waals surface area contributed by atoms with Crippen molar-refractivity contribution in [2.75, 3.05) is 18.4 Å². The molecule has 0 radical (unpaired) electrons. The van der Waals surface area contributed by atoms with Crippen LogP contribution >= 0.6 is 0 Å². The zero-order chi connectivity index (χ0) is 14.5. The van der Waals surface area contributed by atoms with Crippen LogP contribution in [0.25, 0.3) is 0 Å². The van der Waals surface area contributed by atoms with E-state index in [2.05, 4.69) is 31.1 Å². The molecule has 2 unspecified atom stereocenters. The van der Waals surface area contributed by atoms with Gasteiger partial charge in [0.2, 0.25) is 0 Å². The fourth-order valence-electron chi connectivity index (χ4n) is 2.70. The zero-order valence-corrected chi connectivity index (χ0v) is 12.7. The van der Waals surface area contributed by atoms with E-state index in [1.54, 1.807) is 6.20 Å². The fraction of sp³-hybridized carbons (Fsp3) is 0.625. The van der Waals surface area contributed by atoms with E-state index >= 15 is 0 Å². The molecular weight excluding hydrogens is 250 g/mol. The van der Waals surface area contributed by atoms with Gasteiger partial charge in [-0.05, 0) is 44.2 Å². The number of nitrogens with one attached hydrogen (secondary N) is 1. The Hall–Kier alpha value is -1.58. The van der Waals surface area contributed by atoms with Crippen LogP contribution in [0.4, 0.5) is 5.69 Å². The molecule has 4 nitrogen and oxygen atoms in total. The van der Waals surface area contributed by atoms with Crippen molar-refractivity contribution in [1.29, 1.82) is 0 Å². The van der Waals surface area contributed by atoms with Gasteiger partial charge >= 0.3 is 0 Å². The Morgan fingerprint density at radius 1 is 1.50 bits per heavy atom. The summed E-state index contributed by atoms with van der Waals surface area (Å²) in [6.07, 6.45) is 5.07. The Morgan fingerprint density at radius 2 is 2.30 bits per heavy atom. The van der Waals surface area contributed by atoms with E-state index in [0.29, 0.717) is 17.7 Å². The molecule has 1 fully saturated rings. The van der Waals surface area contributed by atoms with Crippen molar-refractivity contribution in [3.63, 3.8) is 0 Å². The number of amides is 1. The van der Waals surface area contributed by atoms with Gasteiger partial charge in [-0.15, -0.1) is 0 Å². The summed E-state index contributed by atoms with van der Waals surface area (Å²) in [5.74, 6) is 0.623. The molecule has 2 rings (SSSR count). The van der Waals surface area contributed by atoms with Crippen LogP contribution in [0.1, 0.15) is 50.5 Å². The molecule has 1 aromatic rings. The number of carbonyl (C=O) groups is 1. The third-order valence-corrected chi connectivity index (χ3v) is 4.19. The smallest absolute Gasteiger partial charge is 0.272 e. The van der Waals surface area contributed by atoms with E-state index in [4.69, 9.17) is 0 Å². The molecule has 1 amide bonds. The van der Waals surface area contributed by atoms with Crippen LogP contribution in [0.2, 0.25) is 0 Å². The molecule has 1 aromatic heterocycles. The maximum Gasteiger partial charge on any atom is 0.272 e. The second-order valence-corrected chi connectivity index (χ2v) is 5.72. The van der Waals surface area contributed by atoms with Crippen LogP contribution < -0.4 is 5.32 Å². The summed E-state index contributed by atoms with van der Waals surface area (Å²) < 4.78 is 0. The number of likely N-dealkylation sites (tertiary alicyclic amines) is 1. The third-order valence-electron chi connectivity index (χ3n) is 4.19. The number of hydrogen-bond acceptors (Lipinski definition) is 3. The monoisotopic (exact) mass is 275 g/mol. The third kappa shape index (κ3) is 3.30. The number of hydrogen-bond donors (Lipinski definition) is 1. The predicted octanol–water partition coefficient (Wildman–Crippen LogP) is 3.16. The first kappa shape index (κ1) is 14.8. The largest absolute Gasteiger partial charge is 0.385 e. The van der Waals surface area contributed by atoms with Crippen molar-refractivity contribution < 1.29 is 4.79 Å². The molecule has 0 saturated carbocycles. The first-order valence-corrected chi connectivity index (χ1v) is 7.64. The maximum absolute atomic E-state index is 12.6. The lowest BCUT2D eigenvalue weighted by Crippen LogP contribution is -2.46. The van der Waals surface area contributed by atoms with Crippen molar-refractivity contribution in [2.45, 2.75) is 46.1 Å². The lowest BCUT2D eigenvalue weighted by atomic mass is 9.92. The molecule has 2 heterocycles. The topological polar surface area (TPSA) is 45.2 Å². The zero-order valence-electron chi connectivity index (χ0n) is 12.7. The van der Waals surface area contributed by atoms with Crippen LogP contribution in [0, 0.1) is 5.92 Å². The van der Waals surface area contributed by atoms with Gasteiger partial charge in [-0.25, -0.2) is 0 Å². The molecule has 20 heavy (non-hydrogen) atoms. The van der Waals surface area contributed by atoms with Crippen molar-refractivity contribution in [1.82, 2.24) is 9.88 Å². The molecule has 1 saturated heterocycles. The quantitative estimate of drug-likeness (QED) is 0.918. The second kappa shape index (κ2) is 6.73. The number of pyridine rings is 1. The maximum atomic E-state index is 12.6. The molecule has 2 atom stereocenters. The number of anilines is 1. The number of carbonyl (C=O) groups excluding carboxylic acids is 1. The van der Waals surface area contributed by atoms with Crippen molar-refractivity contribution in [3.8, 4) is 0 Å². The number of nitrogens with zero attached hydrogens (tertiary/aromatic N) is 2. The highest BCUT2D eigenvalue weighted by Gasteiger charge is 2.29. The van der Waals surface area contributed by atoms with E-state index in [9.17, 15) is 4.79 Å². The van der Waals surface area contributed by atoms with Gasteiger partial charge in [-0.3, -0.25) is 9.78 Å².